The molecular weight excluding hydrogens is 329 g/mol. The number of nitrogens with zero attached hydrogens (tertiary/aromatic N) is 1. The quantitative estimate of drug-likeness (QED) is 0.843. The Bertz CT molecular complexity index is 394. The minimum Gasteiger partial charge on any atom is -0.477 e. The van der Waals surface area contributed by atoms with Crippen LogP contribution in [-0.4, -0.2) is 15.6 Å². The zero-order chi connectivity index (χ0) is 12.3. The summed E-state index contributed by atoms with van der Waals surface area (Å²) in [5.74, 6) is -0.0259. The third-order valence-electron chi connectivity index (χ3n) is 3.59. The summed E-state index contributed by atoms with van der Waals surface area (Å²) in [6.07, 6.45) is 9.76. The van der Waals surface area contributed by atoms with Crippen molar-refractivity contribution in [1.29, 1.82) is 0 Å². The first-order chi connectivity index (χ1) is 8.16. The van der Waals surface area contributed by atoms with Crippen LogP contribution in [0.2, 0.25) is 0 Å². The average Bonchev–Trinajstić information content (AvgIpc) is 2.69. The SMILES string of the molecule is O=C(O)c1cc(I)cn1CCC1CCCCC1. The van der Waals surface area contributed by atoms with Gasteiger partial charge in [0.25, 0.3) is 0 Å². The number of carboxylic acid groups (broad SMARTS) is 1. The zero-order valence-corrected chi connectivity index (χ0v) is 12.0. The lowest BCUT2D eigenvalue weighted by molar-refractivity contribution is 0.0684. The molecule has 0 amide bonds. The first kappa shape index (κ1) is 12.9. The molecule has 0 radical (unpaired) electrons. The Morgan fingerprint density at radius 3 is 2.76 bits per heavy atom. The summed E-state index contributed by atoms with van der Waals surface area (Å²) in [5.41, 5.74) is 0.421. The molecule has 94 valence electrons. The van der Waals surface area contributed by atoms with Gasteiger partial charge >= 0.3 is 5.97 Å². The van der Waals surface area contributed by atoms with Crippen molar-refractivity contribution in [2.24, 2.45) is 5.92 Å². The van der Waals surface area contributed by atoms with Gasteiger partial charge in [-0.15, -0.1) is 0 Å². The second-order valence-electron chi connectivity index (χ2n) is 4.83. The highest BCUT2D eigenvalue weighted by atomic mass is 127. The number of rotatable bonds is 4. The van der Waals surface area contributed by atoms with Crippen LogP contribution in [0.3, 0.4) is 0 Å². The Morgan fingerprint density at radius 2 is 2.12 bits per heavy atom. The van der Waals surface area contributed by atoms with Gasteiger partial charge in [-0.2, -0.15) is 0 Å². The maximum atomic E-state index is 11.1. The Morgan fingerprint density at radius 1 is 1.41 bits per heavy atom. The van der Waals surface area contributed by atoms with Crippen LogP contribution >= 0.6 is 22.6 Å². The standard InChI is InChI=1S/C13H18INO2/c14-11-8-12(13(16)17)15(9-11)7-6-10-4-2-1-3-5-10/h8-10H,1-7H2,(H,16,17). The van der Waals surface area contributed by atoms with E-state index in [9.17, 15) is 4.79 Å². The summed E-state index contributed by atoms with van der Waals surface area (Å²) in [6.45, 7) is 0.843. The summed E-state index contributed by atoms with van der Waals surface area (Å²) in [7, 11) is 0. The van der Waals surface area contributed by atoms with Gasteiger partial charge < -0.3 is 9.67 Å². The fraction of sp³-hybridized carbons (Fsp3) is 0.615. The van der Waals surface area contributed by atoms with Crippen molar-refractivity contribution in [3.05, 3.63) is 21.5 Å². The molecule has 0 aliphatic heterocycles. The lowest BCUT2D eigenvalue weighted by atomic mass is 9.87. The highest BCUT2D eigenvalue weighted by molar-refractivity contribution is 14.1. The predicted molar refractivity (Wildman–Crippen MR) is 75.3 cm³/mol. The van der Waals surface area contributed by atoms with E-state index in [1.165, 1.54) is 32.1 Å². The van der Waals surface area contributed by atoms with Crippen LogP contribution in [0, 0.1) is 9.49 Å². The molecule has 0 spiro atoms. The molecule has 3 nitrogen and oxygen atoms in total. The van der Waals surface area contributed by atoms with E-state index in [4.69, 9.17) is 5.11 Å². The van der Waals surface area contributed by atoms with Crippen molar-refractivity contribution in [3.8, 4) is 0 Å². The Kier molecular flexibility index (Phi) is 4.48. The van der Waals surface area contributed by atoms with Crippen molar-refractivity contribution in [2.45, 2.75) is 45.1 Å². The van der Waals surface area contributed by atoms with Gasteiger partial charge in [0.2, 0.25) is 0 Å². The van der Waals surface area contributed by atoms with E-state index >= 15 is 0 Å². The van der Waals surface area contributed by atoms with Gasteiger partial charge in [-0.05, 0) is 41.0 Å². The third kappa shape index (κ3) is 3.47. The lowest BCUT2D eigenvalue weighted by Gasteiger charge is -2.21. The topological polar surface area (TPSA) is 42.2 Å². The van der Waals surface area contributed by atoms with E-state index in [2.05, 4.69) is 22.6 Å². The number of hydrogen-bond donors (Lipinski definition) is 1. The Balaban J connectivity index is 1.95. The van der Waals surface area contributed by atoms with Crippen LogP contribution in [0.1, 0.15) is 49.0 Å². The molecule has 1 fully saturated rings. The molecule has 1 aliphatic rings. The zero-order valence-electron chi connectivity index (χ0n) is 9.86. The van der Waals surface area contributed by atoms with Crippen molar-refractivity contribution in [1.82, 2.24) is 4.57 Å². The Hall–Kier alpha value is -0.520. The smallest absolute Gasteiger partial charge is 0.352 e. The minimum atomic E-state index is -0.823. The van der Waals surface area contributed by atoms with Gasteiger partial charge in [0.1, 0.15) is 5.69 Å². The van der Waals surface area contributed by atoms with E-state index in [0.29, 0.717) is 5.69 Å². The maximum Gasteiger partial charge on any atom is 0.352 e. The summed E-state index contributed by atoms with van der Waals surface area (Å²) < 4.78 is 2.89. The monoisotopic (exact) mass is 347 g/mol. The summed E-state index contributed by atoms with van der Waals surface area (Å²) in [6, 6.07) is 1.74. The maximum absolute atomic E-state index is 11.1. The molecule has 1 N–H and O–H groups in total. The van der Waals surface area contributed by atoms with Gasteiger partial charge in [0, 0.05) is 16.3 Å². The number of aryl methyl sites for hydroxylation is 1. The highest BCUT2D eigenvalue weighted by Gasteiger charge is 2.16. The molecular formula is C13H18INO2. The highest BCUT2D eigenvalue weighted by Crippen LogP contribution is 2.27. The molecule has 1 aromatic rings. The predicted octanol–water partition coefficient (Wildman–Crippen LogP) is 3.76. The van der Waals surface area contributed by atoms with Gasteiger partial charge in [-0.25, -0.2) is 4.79 Å². The van der Waals surface area contributed by atoms with E-state index in [0.717, 1.165) is 22.5 Å². The molecule has 0 bridgehead atoms. The molecule has 0 saturated heterocycles. The van der Waals surface area contributed by atoms with Crippen molar-refractivity contribution in [3.63, 3.8) is 0 Å². The molecule has 1 aromatic heterocycles. The van der Waals surface area contributed by atoms with Crippen molar-refractivity contribution in [2.75, 3.05) is 0 Å². The largest absolute Gasteiger partial charge is 0.477 e. The molecule has 1 aliphatic carbocycles. The normalized spacial score (nSPS) is 17.2. The number of aromatic nitrogens is 1. The number of aromatic carboxylic acids is 1. The van der Waals surface area contributed by atoms with E-state index in [1.54, 1.807) is 6.07 Å². The third-order valence-corrected chi connectivity index (χ3v) is 4.18. The minimum absolute atomic E-state index is 0.421. The van der Waals surface area contributed by atoms with Crippen LogP contribution in [0.5, 0.6) is 0 Å². The van der Waals surface area contributed by atoms with Crippen LogP contribution < -0.4 is 0 Å². The summed E-state index contributed by atoms with van der Waals surface area (Å²) >= 11 is 2.17. The van der Waals surface area contributed by atoms with Crippen molar-refractivity contribution < 1.29 is 9.90 Å². The number of hydrogen-bond acceptors (Lipinski definition) is 1. The number of halogens is 1. The molecule has 0 unspecified atom stereocenters. The second-order valence-corrected chi connectivity index (χ2v) is 6.08. The summed E-state index contributed by atoms with van der Waals surface area (Å²) in [4.78, 5) is 11.1. The van der Waals surface area contributed by atoms with Gasteiger partial charge in [0.15, 0.2) is 0 Å². The van der Waals surface area contributed by atoms with Crippen molar-refractivity contribution >= 4 is 28.6 Å². The van der Waals surface area contributed by atoms with E-state index in [-0.39, 0.29) is 0 Å². The van der Waals surface area contributed by atoms with E-state index < -0.39 is 5.97 Å². The number of carbonyl (C=O) groups is 1. The Labute approximate surface area is 115 Å². The fourth-order valence-corrected chi connectivity index (χ4v) is 3.27. The second kappa shape index (κ2) is 5.89. The van der Waals surface area contributed by atoms with Crippen LogP contribution in [0.15, 0.2) is 12.3 Å². The molecule has 17 heavy (non-hydrogen) atoms. The van der Waals surface area contributed by atoms with Crippen LogP contribution in [0.4, 0.5) is 0 Å². The average molecular weight is 347 g/mol. The molecule has 4 heteroatoms. The first-order valence-electron chi connectivity index (χ1n) is 6.26. The molecule has 0 atom stereocenters. The van der Waals surface area contributed by atoms with Crippen LogP contribution in [-0.2, 0) is 6.54 Å². The van der Waals surface area contributed by atoms with E-state index in [1.807, 2.05) is 10.8 Å². The molecule has 1 heterocycles. The molecule has 1 saturated carbocycles. The first-order valence-corrected chi connectivity index (χ1v) is 7.33. The van der Waals surface area contributed by atoms with Gasteiger partial charge in [-0.1, -0.05) is 32.1 Å². The summed E-state index contributed by atoms with van der Waals surface area (Å²) in [5, 5.41) is 9.09. The van der Waals surface area contributed by atoms with Gasteiger partial charge in [-0.3, -0.25) is 0 Å². The fourth-order valence-electron chi connectivity index (χ4n) is 2.64. The molecule has 0 aromatic carbocycles. The van der Waals surface area contributed by atoms with Crippen LogP contribution in [0.25, 0.3) is 0 Å². The van der Waals surface area contributed by atoms with Gasteiger partial charge in [0.05, 0.1) is 0 Å². The molecule has 2 rings (SSSR count). The number of carboxylic acids is 1. The lowest BCUT2D eigenvalue weighted by Crippen LogP contribution is -2.13.